The van der Waals surface area contributed by atoms with Crippen LogP contribution in [0.4, 0.5) is 11.4 Å². The molecule has 0 saturated carbocycles. The Morgan fingerprint density at radius 3 is 2.86 bits per heavy atom. The number of carbonyl (C=O) groups is 1. The number of rotatable bonds is 3. The molecule has 0 aliphatic carbocycles. The number of aromatic amines is 1. The van der Waals surface area contributed by atoms with E-state index in [1.165, 1.54) is 0 Å². The highest BCUT2D eigenvalue weighted by Gasteiger charge is 2.08. The fraction of sp³-hybridized carbons (Fsp3) is 0.0625. The monoisotopic (exact) mass is 299 g/mol. The van der Waals surface area contributed by atoms with E-state index >= 15 is 0 Å². The second kappa shape index (κ2) is 5.50. The van der Waals surface area contributed by atoms with E-state index in [1.807, 2.05) is 30.5 Å². The zero-order chi connectivity index (χ0) is 14.8. The molecule has 0 saturated heterocycles. The van der Waals surface area contributed by atoms with E-state index in [0.29, 0.717) is 16.4 Å². The first-order valence-electron chi connectivity index (χ1n) is 6.53. The Labute approximate surface area is 126 Å². The lowest BCUT2D eigenvalue weighted by Gasteiger charge is -2.08. The van der Waals surface area contributed by atoms with Crippen LogP contribution in [0.5, 0.6) is 0 Å². The molecule has 0 fully saturated rings. The van der Waals surface area contributed by atoms with Crippen LogP contribution in [0.1, 0.15) is 5.56 Å². The quantitative estimate of drug-likeness (QED) is 0.647. The summed E-state index contributed by atoms with van der Waals surface area (Å²) in [6, 6.07) is 12.9. The van der Waals surface area contributed by atoms with Crippen LogP contribution in [0.3, 0.4) is 0 Å². The Bertz CT molecular complexity index is 810. The zero-order valence-corrected chi connectivity index (χ0v) is 11.9. The first kappa shape index (κ1) is 13.5. The number of nitrogens with two attached hydrogens (primary N) is 1. The normalized spacial score (nSPS) is 10.7. The number of amides is 1. The van der Waals surface area contributed by atoms with Crippen LogP contribution >= 0.6 is 11.6 Å². The Hall–Kier alpha value is -2.46. The maximum Gasteiger partial charge on any atom is 0.228 e. The Morgan fingerprint density at radius 1 is 1.19 bits per heavy atom. The predicted molar refractivity (Wildman–Crippen MR) is 86.5 cm³/mol. The summed E-state index contributed by atoms with van der Waals surface area (Å²) in [5.74, 6) is -0.118. The number of nitrogen functional groups attached to an aromatic ring is 1. The summed E-state index contributed by atoms with van der Waals surface area (Å²) in [6.45, 7) is 0. The Morgan fingerprint density at radius 2 is 2.05 bits per heavy atom. The molecule has 0 aliphatic heterocycles. The lowest BCUT2D eigenvalue weighted by atomic mass is 10.1. The van der Waals surface area contributed by atoms with Crippen molar-refractivity contribution < 1.29 is 4.79 Å². The van der Waals surface area contributed by atoms with Gasteiger partial charge in [0.2, 0.25) is 5.91 Å². The highest BCUT2D eigenvalue weighted by atomic mass is 35.5. The van der Waals surface area contributed by atoms with Gasteiger partial charge in [0.05, 0.1) is 17.1 Å². The van der Waals surface area contributed by atoms with E-state index in [2.05, 4.69) is 10.3 Å². The van der Waals surface area contributed by atoms with E-state index < -0.39 is 0 Å². The number of nitrogens with one attached hydrogen (secondary N) is 2. The molecule has 3 rings (SSSR count). The van der Waals surface area contributed by atoms with Gasteiger partial charge in [0, 0.05) is 17.4 Å². The van der Waals surface area contributed by atoms with Crippen molar-refractivity contribution in [3.63, 3.8) is 0 Å². The van der Waals surface area contributed by atoms with Crippen LogP contribution in [0, 0.1) is 0 Å². The molecule has 4 N–H and O–H groups in total. The molecule has 0 bridgehead atoms. The van der Waals surface area contributed by atoms with Crippen LogP contribution in [0.15, 0.2) is 48.7 Å². The van der Waals surface area contributed by atoms with E-state index in [1.54, 1.807) is 18.2 Å². The van der Waals surface area contributed by atoms with Crippen molar-refractivity contribution in [1.82, 2.24) is 4.98 Å². The second-order valence-corrected chi connectivity index (χ2v) is 5.27. The van der Waals surface area contributed by atoms with Gasteiger partial charge in [-0.2, -0.15) is 0 Å². The van der Waals surface area contributed by atoms with Crippen LogP contribution in [-0.2, 0) is 11.2 Å². The van der Waals surface area contributed by atoms with Crippen molar-refractivity contribution >= 4 is 39.8 Å². The van der Waals surface area contributed by atoms with Crippen molar-refractivity contribution in [2.45, 2.75) is 6.42 Å². The molecule has 0 unspecified atom stereocenters. The van der Waals surface area contributed by atoms with Gasteiger partial charge in [-0.25, -0.2) is 0 Å². The van der Waals surface area contributed by atoms with Gasteiger partial charge in [-0.3, -0.25) is 4.79 Å². The molecular formula is C16H14ClN3O. The van der Waals surface area contributed by atoms with E-state index in [-0.39, 0.29) is 12.3 Å². The van der Waals surface area contributed by atoms with Crippen LogP contribution in [-0.4, -0.2) is 10.9 Å². The Kier molecular flexibility index (Phi) is 3.54. The molecule has 1 aromatic heterocycles. The maximum atomic E-state index is 12.1. The third-order valence-electron chi connectivity index (χ3n) is 3.25. The second-order valence-electron chi connectivity index (χ2n) is 4.86. The molecule has 21 heavy (non-hydrogen) atoms. The van der Waals surface area contributed by atoms with Gasteiger partial charge in [-0.05, 0) is 41.3 Å². The number of H-pyrrole nitrogens is 1. The topological polar surface area (TPSA) is 70.9 Å². The highest BCUT2D eigenvalue weighted by molar-refractivity contribution is 6.34. The SMILES string of the molecule is Nc1ccc(NC(=O)Cc2ccc3cc[nH]c3c2)c(Cl)c1. The van der Waals surface area contributed by atoms with Gasteiger partial charge in [0.1, 0.15) is 0 Å². The van der Waals surface area contributed by atoms with E-state index in [0.717, 1.165) is 16.5 Å². The number of halogens is 1. The van der Waals surface area contributed by atoms with Crippen LogP contribution in [0.25, 0.3) is 10.9 Å². The number of benzene rings is 2. The van der Waals surface area contributed by atoms with E-state index in [4.69, 9.17) is 17.3 Å². The molecule has 0 aliphatic rings. The summed E-state index contributed by atoms with van der Waals surface area (Å²) in [5, 5.41) is 4.35. The van der Waals surface area contributed by atoms with Gasteiger partial charge in [0.15, 0.2) is 0 Å². The Balaban J connectivity index is 1.73. The fourth-order valence-corrected chi connectivity index (χ4v) is 2.45. The standard InChI is InChI=1S/C16H14ClN3O/c17-13-9-12(18)3-4-14(13)20-16(21)8-10-1-2-11-5-6-19-15(11)7-10/h1-7,9,19H,8,18H2,(H,20,21). The van der Waals surface area contributed by atoms with E-state index in [9.17, 15) is 4.79 Å². The summed E-state index contributed by atoms with van der Waals surface area (Å²) in [5.41, 5.74) is 8.71. The van der Waals surface area contributed by atoms with Crippen LogP contribution < -0.4 is 11.1 Å². The predicted octanol–water partition coefficient (Wildman–Crippen LogP) is 3.58. The molecule has 3 aromatic rings. The largest absolute Gasteiger partial charge is 0.399 e. The molecule has 0 radical (unpaired) electrons. The first-order valence-corrected chi connectivity index (χ1v) is 6.90. The molecule has 0 spiro atoms. The minimum Gasteiger partial charge on any atom is -0.399 e. The fourth-order valence-electron chi connectivity index (χ4n) is 2.22. The van der Waals surface area contributed by atoms with Crippen molar-refractivity contribution in [3.8, 4) is 0 Å². The number of anilines is 2. The number of carbonyl (C=O) groups excluding carboxylic acids is 1. The van der Waals surface area contributed by atoms with Gasteiger partial charge < -0.3 is 16.0 Å². The molecule has 2 aromatic carbocycles. The molecule has 1 heterocycles. The number of aromatic nitrogens is 1. The van der Waals surface area contributed by atoms with Gasteiger partial charge >= 0.3 is 0 Å². The molecule has 5 heteroatoms. The van der Waals surface area contributed by atoms with Gasteiger partial charge in [-0.15, -0.1) is 0 Å². The molecule has 1 amide bonds. The minimum atomic E-state index is -0.118. The lowest BCUT2D eigenvalue weighted by Crippen LogP contribution is -2.14. The first-order chi connectivity index (χ1) is 10.1. The van der Waals surface area contributed by atoms with Crippen molar-refractivity contribution in [2.75, 3.05) is 11.1 Å². The summed E-state index contributed by atoms with van der Waals surface area (Å²) < 4.78 is 0. The third-order valence-corrected chi connectivity index (χ3v) is 3.56. The summed E-state index contributed by atoms with van der Waals surface area (Å²) >= 11 is 6.04. The summed E-state index contributed by atoms with van der Waals surface area (Å²) in [7, 11) is 0. The van der Waals surface area contributed by atoms with Crippen molar-refractivity contribution in [3.05, 3.63) is 59.2 Å². The number of hydrogen-bond donors (Lipinski definition) is 3. The van der Waals surface area contributed by atoms with Crippen molar-refractivity contribution in [1.29, 1.82) is 0 Å². The maximum absolute atomic E-state index is 12.1. The van der Waals surface area contributed by atoms with Gasteiger partial charge in [-0.1, -0.05) is 23.7 Å². The average molecular weight is 300 g/mol. The molecule has 106 valence electrons. The zero-order valence-electron chi connectivity index (χ0n) is 11.2. The molecular weight excluding hydrogens is 286 g/mol. The highest BCUT2D eigenvalue weighted by Crippen LogP contribution is 2.24. The summed E-state index contributed by atoms with van der Waals surface area (Å²) in [4.78, 5) is 15.2. The number of hydrogen-bond acceptors (Lipinski definition) is 2. The smallest absolute Gasteiger partial charge is 0.228 e. The molecule has 4 nitrogen and oxygen atoms in total. The summed E-state index contributed by atoms with van der Waals surface area (Å²) in [6.07, 6.45) is 2.17. The van der Waals surface area contributed by atoms with Gasteiger partial charge in [0.25, 0.3) is 0 Å². The average Bonchev–Trinajstić information content (AvgIpc) is 2.89. The minimum absolute atomic E-state index is 0.118. The lowest BCUT2D eigenvalue weighted by molar-refractivity contribution is -0.115. The third kappa shape index (κ3) is 3.01. The molecule has 0 atom stereocenters. The number of fused-ring (bicyclic) bond motifs is 1. The van der Waals surface area contributed by atoms with Crippen LogP contribution in [0.2, 0.25) is 5.02 Å². The van der Waals surface area contributed by atoms with Crippen molar-refractivity contribution in [2.24, 2.45) is 0 Å².